The first-order chi connectivity index (χ1) is 8.19. The lowest BCUT2D eigenvalue weighted by molar-refractivity contribution is -0.181. The van der Waals surface area contributed by atoms with E-state index in [4.69, 9.17) is 0 Å². The van der Waals surface area contributed by atoms with Crippen LogP contribution < -0.4 is 0 Å². The first-order valence-electron chi connectivity index (χ1n) is 5.80. The minimum Gasteiger partial charge on any atom is -0.290 e. The van der Waals surface area contributed by atoms with Crippen LogP contribution in [0.4, 0.5) is 0 Å². The lowest BCUT2D eigenvalue weighted by atomic mass is 9.84. The van der Waals surface area contributed by atoms with Gasteiger partial charge in [0.15, 0.2) is 11.6 Å². The number of hydrogen-bond acceptors (Lipinski definition) is 4. The third-order valence-corrected chi connectivity index (χ3v) is 4.04. The van der Waals surface area contributed by atoms with E-state index in [1.165, 1.54) is 12.2 Å². The van der Waals surface area contributed by atoms with Gasteiger partial charge in [0.05, 0.1) is 11.1 Å². The first kappa shape index (κ1) is 12.9. The molecule has 1 fully saturated rings. The van der Waals surface area contributed by atoms with Gasteiger partial charge in [-0.25, -0.2) is 5.06 Å². The highest BCUT2D eigenvalue weighted by Crippen LogP contribution is 2.44. The maximum Gasteiger partial charge on any atom is 0.178 e. The zero-order valence-corrected chi connectivity index (χ0v) is 11.0. The summed E-state index contributed by atoms with van der Waals surface area (Å²) < 4.78 is 0. The number of nitrogens with zero attached hydrogens (tertiary/aromatic N) is 2. The summed E-state index contributed by atoms with van der Waals surface area (Å²) >= 11 is 0. The summed E-state index contributed by atoms with van der Waals surface area (Å²) in [6.07, 6.45) is 5.84. The Labute approximate surface area is 106 Å². The predicted molar refractivity (Wildman–Crippen MR) is 64.6 cm³/mol. The molecular weight excluding hydrogens is 232 g/mol. The molecule has 0 saturated carbocycles. The molecule has 5 nitrogen and oxygen atoms in total. The second-order valence-corrected chi connectivity index (χ2v) is 5.57. The first-order valence-corrected chi connectivity index (χ1v) is 5.80. The minimum absolute atomic E-state index is 0.127. The minimum atomic E-state index is -0.771. The number of carbonyl (C=O) groups is 1. The lowest BCUT2D eigenvalue weighted by Crippen LogP contribution is -2.52. The Morgan fingerprint density at radius 2 is 1.50 bits per heavy atom. The predicted octanol–water partition coefficient (Wildman–Crippen LogP) is 1.80. The van der Waals surface area contributed by atoms with Crippen LogP contribution in [0.3, 0.4) is 0 Å². The summed E-state index contributed by atoms with van der Waals surface area (Å²) in [7, 11) is 0. The molecule has 1 radical (unpaired) electrons. The Hall–Kier alpha value is -1.59. The zero-order valence-electron chi connectivity index (χ0n) is 11.0. The fourth-order valence-corrected chi connectivity index (χ4v) is 1.97. The summed E-state index contributed by atoms with van der Waals surface area (Å²) in [5, 5.41) is 24.3. The highest BCUT2D eigenvalue weighted by atomic mass is 16.6. The third kappa shape index (κ3) is 1.51. The van der Waals surface area contributed by atoms with Crippen LogP contribution in [0.5, 0.6) is 0 Å². The van der Waals surface area contributed by atoms with Crippen LogP contribution in [0.15, 0.2) is 35.7 Å². The van der Waals surface area contributed by atoms with Crippen molar-refractivity contribution < 1.29 is 15.2 Å². The Bertz CT molecular complexity index is 446. The van der Waals surface area contributed by atoms with Crippen molar-refractivity contribution in [2.45, 2.75) is 38.8 Å². The fraction of sp³-hybridized carbons (Fsp3) is 0.462. The van der Waals surface area contributed by atoms with Gasteiger partial charge in [0.2, 0.25) is 0 Å². The summed E-state index contributed by atoms with van der Waals surface area (Å²) in [6, 6.07) is 0. The molecule has 18 heavy (non-hydrogen) atoms. The smallest absolute Gasteiger partial charge is 0.178 e. The summed E-state index contributed by atoms with van der Waals surface area (Å²) in [5.41, 5.74) is -0.960. The number of ketones is 1. The van der Waals surface area contributed by atoms with Gasteiger partial charge >= 0.3 is 0 Å². The molecule has 2 rings (SSSR count). The fourth-order valence-electron chi connectivity index (χ4n) is 1.97. The van der Waals surface area contributed by atoms with Crippen LogP contribution >= 0.6 is 0 Å². The molecule has 1 saturated heterocycles. The second-order valence-electron chi connectivity index (χ2n) is 5.57. The lowest BCUT2D eigenvalue weighted by Gasteiger charge is -2.36. The van der Waals surface area contributed by atoms with E-state index in [0.717, 1.165) is 10.1 Å². The van der Waals surface area contributed by atoms with E-state index in [1.54, 1.807) is 39.8 Å². The van der Waals surface area contributed by atoms with Crippen LogP contribution in [-0.2, 0) is 10.0 Å². The second kappa shape index (κ2) is 3.70. The topological polar surface area (TPSA) is 63.7 Å². The molecular formula is C13H17N2O3. The molecule has 2 aliphatic rings. The number of hydroxylamine groups is 4. The average molecular weight is 249 g/mol. The number of allylic oxidation sites excluding steroid dienone is 5. The maximum absolute atomic E-state index is 12.3. The standard InChI is InChI=1S/C13H17N2O3/c1-12(2)13(3,4)15(18)11(14(12)17)9-5-7-10(16)8-6-9/h5-8,17H,1-4H3. The molecule has 0 amide bonds. The van der Waals surface area contributed by atoms with Crippen molar-refractivity contribution in [3.05, 3.63) is 35.7 Å². The molecule has 0 aromatic carbocycles. The molecule has 1 aliphatic heterocycles. The highest BCUT2D eigenvalue weighted by Gasteiger charge is 2.56. The normalized spacial score (nSPS) is 25.3. The van der Waals surface area contributed by atoms with Gasteiger partial charge in [-0.2, -0.15) is 5.06 Å². The van der Waals surface area contributed by atoms with Crippen molar-refractivity contribution in [1.82, 2.24) is 10.1 Å². The molecule has 0 atom stereocenters. The van der Waals surface area contributed by atoms with E-state index in [1.807, 2.05) is 0 Å². The van der Waals surface area contributed by atoms with E-state index in [2.05, 4.69) is 0 Å². The van der Waals surface area contributed by atoms with Crippen molar-refractivity contribution in [2.24, 2.45) is 0 Å². The molecule has 1 heterocycles. The Morgan fingerprint density at radius 3 is 1.89 bits per heavy atom. The van der Waals surface area contributed by atoms with E-state index in [0.29, 0.717) is 5.57 Å². The Morgan fingerprint density at radius 1 is 1.00 bits per heavy atom. The van der Waals surface area contributed by atoms with Crippen LogP contribution in [0.25, 0.3) is 0 Å². The average Bonchev–Trinajstić information content (AvgIpc) is 2.41. The van der Waals surface area contributed by atoms with E-state index in [-0.39, 0.29) is 11.6 Å². The Balaban J connectivity index is 2.54. The van der Waals surface area contributed by atoms with Gasteiger partial charge in [-0.3, -0.25) is 10.0 Å². The van der Waals surface area contributed by atoms with Gasteiger partial charge in [0.1, 0.15) is 0 Å². The van der Waals surface area contributed by atoms with Gasteiger partial charge in [0, 0.05) is 5.57 Å². The van der Waals surface area contributed by atoms with Gasteiger partial charge in [0.25, 0.3) is 0 Å². The summed E-state index contributed by atoms with van der Waals surface area (Å²) in [6.45, 7) is 7.15. The zero-order chi connectivity index (χ0) is 13.7. The molecule has 1 N–H and O–H groups in total. The maximum atomic E-state index is 12.3. The van der Waals surface area contributed by atoms with Crippen molar-refractivity contribution in [2.75, 3.05) is 0 Å². The molecule has 0 unspecified atom stereocenters. The van der Waals surface area contributed by atoms with E-state index >= 15 is 0 Å². The van der Waals surface area contributed by atoms with Crippen LogP contribution in [0, 0.1) is 0 Å². The largest absolute Gasteiger partial charge is 0.290 e. The van der Waals surface area contributed by atoms with Gasteiger partial charge in [-0.15, -0.1) is 0 Å². The SMILES string of the molecule is CC1(C)N([O])C(=C2C=CC(=O)C=C2)N(O)C1(C)C. The Kier molecular flexibility index (Phi) is 2.64. The van der Waals surface area contributed by atoms with E-state index < -0.39 is 11.1 Å². The summed E-state index contributed by atoms with van der Waals surface area (Å²) in [4.78, 5) is 11.1. The van der Waals surface area contributed by atoms with Crippen molar-refractivity contribution >= 4 is 5.78 Å². The molecule has 97 valence electrons. The number of rotatable bonds is 0. The van der Waals surface area contributed by atoms with Gasteiger partial charge < -0.3 is 0 Å². The molecule has 5 heteroatoms. The quantitative estimate of drug-likeness (QED) is 0.711. The molecule has 1 aliphatic carbocycles. The number of hydrogen-bond donors (Lipinski definition) is 1. The van der Waals surface area contributed by atoms with Crippen molar-refractivity contribution in [3.8, 4) is 0 Å². The molecule has 0 aromatic rings. The van der Waals surface area contributed by atoms with Crippen molar-refractivity contribution in [3.63, 3.8) is 0 Å². The van der Waals surface area contributed by atoms with Crippen LogP contribution in [-0.4, -0.2) is 32.2 Å². The van der Waals surface area contributed by atoms with Gasteiger partial charge in [-0.05, 0) is 52.0 Å². The monoisotopic (exact) mass is 249 g/mol. The third-order valence-electron chi connectivity index (χ3n) is 4.04. The van der Waals surface area contributed by atoms with E-state index in [9.17, 15) is 15.2 Å². The van der Waals surface area contributed by atoms with Crippen molar-refractivity contribution in [1.29, 1.82) is 0 Å². The molecule has 0 spiro atoms. The van der Waals surface area contributed by atoms with Gasteiger partial charge in [-0.1, -0.05) is 5.21 Å². The summed E-state index contributed by atoms with van der Waals surface area (Å²) in [5.74, 6) is 0.0443. The highest BCUT2D eigenvalue weighted by molar-refractivity contribution is 6.01. The molecule has 0 bridgehead atoms. The molecule has 0 aromatic heterocycles. The van der Waals surface area contributed by atoms with Crippen LogP contribution in [0.1, 0.15) is 27.7 Å². The number of carbonyl (C=O) groups excluding carboxylic acids is 1. The van der Waals surface area contributed by atoms with Crippen LogP contribution in [0.2, 0.25) is 0 Å².